The third-order valence-corrected chi connectivity index (χ3v) is 4.60. The number of benzene rings is 1. The molecule has 0 unspecified atom stereocenters. The van der Waals surface area contributed by atoms with Gasteiger partial charge < -0.3 is 5.73 Å². The number of nitrogens with two attached hydrogens (primary N) is 1. The number of primary amides is 1. The van der Waals surface area contributed by atoms with Crippen LogP contribution in [0.25, 0.3) is 0 Å². The van der Waals surface area contributed by atoms with E-state index in [9.17, 15) is 13.2 Å². The van der Waals surface area contributed by atoms with Crippen molar-refractivity contribution >= 4 is 21.6 Å². The Balaban J connectivity index is 2.38. The number of aryl methyl sites for hydroxylation is 1. The van der Waals surface area contributed by atoms with Gasteiger partial charge >= 0.3 is 0 Å². The Morgan fingerprint density at radius 3 is 2.26 bits per heavy atom. The molecule has 0 fully saturated rings. The number of carbonyl (C=O) groups is 1. The van der Waals surface area contributed by atoms with Crippen molar-refractivity contribution in [3.05, 3.63) is 41.7 Å². The molecule has 0 bridgehead atoms. The molecule has 2 aromatic rings. The van der Waals surface area contributed by atoms with Gasteiger partial charge in [-0.05, 0) is 24.3 Å². The Morgan fingerprint density at radius 2 is 1.78 bits per heavy atom. The summed E-state index contributed by atoms with van der Waals surface area (Å²) in [6.45, 7) is 5.70. The molecule has 3 N–H and O–H groups in total. The van der Waals surface area contributed by atoms with Crippen LogP contribution in [0.4, 0.5) is 5.69 Å². The summed E-state index contributed by atoms with van der Waals surface area (Å²) in [5.74, 6) is -0.568. The molecule has 7 nitrogen and oxygen atoms in total. The molecule has 1 heterocycles. The molecule has 0 aliphatic heterocycles. The number of carbonyl (C=O) groups excluding carboxylic acids is 1. The van der Waals surface area contributed by atoms with Crippen molar-refractivity contribution in [3.63, 3.8) is 0 Å². The monoisotopic (exact) mass is 336 g/mol. The van der Waals surface area contributed by atoms with Crippen LogP contribution in [0.3, 0.4) is 0 Å². The number of amides is 1. The van der Waals surface area contributed by atoms with Gasteiger partial charge in [-0.25, -0.2) is 8.42 Å². The van der Waals surface area contributed by atoms with Gasteiger partial charge in [-0.15, -0.1) is 0 Å². The molecule has 0 atom stereocenters. The van der Waals surface area contributed by atoms with Gasteiger partial charge in [0, 0.05) is 29.9 Å². The Kier molecular flexibility index (Phi) is 4.21. The van der Waals surface area contributed by atoms with E-state index < -0.39 is 21.3 Å². The number of aromatic nitrogens is 2. The van der Waals surface area contributed by atoms with Gasteiger partial charge in [-0.1, -0.05) is 20.8 Å². The van der Waals surface area contributed by atoms with E-state index >= 15 is 0 Å². The number of nitrogens with zero attached hydrogens (tertiary/aromatic N) is 2. The zero-order valence-corrected chi connectivity index (χ0v) is 14.3. The molecule has 1 amide bonds. The van der Waals surface area contributed by atoms with Gasteiger partial charge in [-0.3, -0.25) is 14.2 Å². The first-order chi connectivity index (χ1) is 10.5. The van der Waals surface area contributed by atoms with Crippen molar-refractivity contribution in [2.45, 2.75) is 31.1 Å². The molecular weight excluding hydrogens is 316 g/mol. The number of anilines is 1. The second kappa shape index (κ2) is 5.69. The quantitative estimate of drug-likeness (QED) is 0.884. The van der Waals surface area contributed by atoms with Crippen LogP contribution >= 0.6 is 0 Å². The topological polar surface area (TPSA) is 107 Å². The summed E-state index contributed by atoms with van der Waals surface area (Å²) < 4.78 is 29.3. The highest BCUT2D eigenvalue weighted by Gasteiger charge is 2.29. The van der Waals surface area contributed by atoms with Crippen molar-refractivity contribution in [3.8, 4) is 0 Å². The lowest BCUT2D eigenvalue weighted by Crippen LogP contribution is -2.20. The Morgan fingerprint density at radius 1 is 1.22 bits per heavy atom. The van der Waals surface area contributed by atoms with Gasteiger partial charge in [0.25, 0.3) is 10.0 Å². The standard InChI is InChI=1S/C15H20N4O3S/c1-15(2,3)13-12(9-19(4)17-13)23(21,22)18-11-7-5-10(6-8-11)14(16)20/h5-9,18H,1-4H3,(H2,16,20). The van der Waals surface area contributed by atoms with Crippen molar-refractivity contribution in [2.75, 3.05) is 4.72 Å². The molecule has 2 rings (SSSR count). The van der Waals surface area contributed by atoms with E-state index in [1.807, 2.05) is 20.8 Å². The van der Waals surface area contributed by atoms with Crippen LogP contribution in [0.5, 0.6) is 0 Å². The Labute approximate surface area is 135 Å². The van der Waals surface area contributed by atoms with Gasteiger partial charge in [0.2, 0.25) is 5.91 Å². The van der Waals surface area contributed by atoms with Crippen LogP contribution in [0.15, 0.2) is 35.4 Å². The number of rotatable bonds is 4. The van der Waals surface area contributed by atoms with Crippen LogP contribution in [-0.2, 0) is 22.5 Å². The lowest BCUT2D eigenvalue weighted by Gasteiger charge is -2.17. The average Bonchev–Trinajstić information content (AvgIpc) is 2.82. The zero-order valence-electron chi connectivity index (χ0n) is 13.5. The average molecular weight is 336 g/mol. The van der Waals surface area contributed by atoms with Crippen molar-refractivity contribution in [2.24, 2.45) is 12.8 Å². The molecule has 1 aromatic carbocycles. The number of hydrogen-bond donors (Lipinski definition) is 2. The lowest BCUT2D eigenvalue weighted by atomic mass is 9.92. The van der Waals surface area contributed by atoms with Crippen LogP contribution in [-0.4, -0.2) is 24.1 Å². The summed E-state index contributed by atoms with van der Waals surface area (Å²) in [4.78, 5) is 11.2. The van der Waals surface area contributed by atoms with E-state index in [4.69, 9.17) is 5.73 Å². The highest BCUT2D eigenvalue weighted by molar-refractivity contribution is 7.92. The molecule has 1 aromatic heterocycles. The second-order valence-corrected chi connectivity index (χ2v) is 7.96. The van der Waals surface area contributed by atoms with Gasteiger partial charge in [-0.2, -0.15) is 5.10 Å². The maximum absolute atomic E-state index is 12.6. The minimum atomic E-state index is -3.79. The molecule has 0 saturated carbocycles. The minimum Gasteiger partial charge on any atom is -0.366 e. The second-order valence-electron chi connectivity index (χ2n) is 6.31. The molecular formula is C15H20N4O3S. The highest BCUT2D eigenvalue weighted by Crippen LogP contribution is 2.28. The van der Waals surface area contributed by atoms with Crippen molar-refractivity contribution < 1.29 is 13.2 Å². The van der Waals surface area contributed by atoms with E-state index in [2.05, 4.69) is 9.82 Å². The number of nitrogens with one attached hydrogen (secondary N) is 1. The highest BCUT2D eigenvalue weighted by atomic mass is 32.2. The molecule has 0 aliphatic rings. The van der Waals surface area contributed by atoms with Crippen molar-refractivity contribution in [1.82, 2.24) is 9.78 Å². The fourth-order valence-electron chi connectivity index (χ4n) is 2.10. The van der Waals surface area contributed by atoms with E-state index in [0.717, 1.165) is 0 Å². The first-order valence-electron chi connectivity index (χ1n) is 6.97. The number of hydrogen-bond acceptors (Lipinski definition) is 4. The molecule has 23 heavy (non-hydrogen) atoms. The van der Waals surface area contributed by atoms with E-state index in [0.29, 0.717) is 16.9 Å². The summed E-state index contributed by atoms with van der Waals surface area (Å²) in [7, 11) is -2.11. The molecule has 0 radical (unpaired) electrons. The van der Waals surface area contributed by atoms with E-state index in [1.54, 1.807) is 7.05 Å². The summed E-state index contributed by atoms with van der Waals surface area (Å²) >= 11 is 0. The molecule has 0 spiro atoms. The van der Waals surface area contributed by atoms with Crippen LogP contribution < -0.4 is 10.5 Å². The normalized spacial score (nSPS) is 12.2. The first kappa shape index (κ1) is 17.0. The number of sulfonamides is 1. The molecule has 0 aliphatic carbocycles. The van der Waals surface area contributed by atoms with Crippen LogP contribution in [0.1, 0.15) is 36.8 Å². The predicted molar refractivity (Wildman–Crippen MR) is 87.7 cm³/mol. The maximum atomic E-state index is 12.6. The SMILES string of the molecule is Cn1cc(S(=O)(=O)Nc2ccc(C(N)=O)cc2)c(C(C)(C)C)n1. The zero-order chi connectivity index (χ0) is 17.4. The summed E-state index contributed by atoms with van der Waals surface area (Å²) in [5, 5.41) is 4.26. The Hall–Kier alpha value is -2.35. The molecule has 0 saturated heterocycles. The largest absolute Gasteiger partial charge is 0.366 e. The van der Waals surface area contributed by atoms with Crippen LogP contribution in [0, 0.1) is 0 Å². The summed E-state index contributed by atoms with van der Waals surface area (Å²) in [6, 6.07) is 5.91. The molecule has 8 heteroatoms. The van der Waals surface area contributed by atoms with Gasteiger partial charge in [0.1, 0.15) is 4.90 Å². The predicted octanol–water partition coefficient (Wildman–Crippen LogP) is 1.62. The van der Waals surface area contributed by atoms with Gasteiger partial charge in [0.15, 0.2) is 0 Å². The van der Waals surface area contributed by atoms with Gasteiger partial charge in [0.05, 0.1) is 5.69 Å². The lowest BCUT2D eigenvalue weighted by molar-refractivity contribution is 0.100. The fraction of sp³-hybridized carbons (Fsp3) is 0.333. The summed E-state index contributed by atoms with van der Waals surface area (Å²) in [5.41, 5.74) is 5.89. The maximum Gasteiger partial charge on any atom is 0.265 e. The molecule has 124 valence electrons. The Bertz CT molecular complexity index is 831. The minimum absolute atomic E-state index is 0.131. The third kappa shape index (κ3) is 3.70. The van der Waals surface area contributed by atoms with E-state index in [1.165, 1.54) is 35.1 Å². The smallest absolute Gasteiger partial charge is 0.265 e. The summed E-state index contributed by atoms with van der Waals surface area (Å²) in [6.07, 6.45) is 1.47. The van der Waals surface area contributed by atoms with Crippen LogP contribution in [0.2, 0.25) is 0 Å². The fourth-order valence-corrected chi connectivity index (χ4v) is 3.54. The first-order valence-corrected chi connectivity index (χ1v) is 8.46. The van der Waals surface area contributed by atoms with E-state index in [-0.39, 0.29) is 4.90 Å². The third-order valence-electron chi connectivity index (χ3n) is 3.22. The van der Waals surface area contributed by atoms with Crippen molar-refractivity contribution in [1.29, 1.82) is 0 Å².